The maximum atomic E-state index is 11.8. The Labute approximate surface area is 108 Å². The molecule has 0 radical (unpaired) electrons. The summed E-state index contributed by atoms with van der Waals surface area (Å²) in [5.74, 6) is 0.0942. The van der Waals surface area contributed by atoms with Crippen molar-refractivity contribution in [2.24, 2.45) is 7.05 Å². The van der Waals surface area contributed by atoms with E-state index in [-0.39, 0.29) is 11.9 Å². The Kier molecular flexibility index (Phi) is 3.71. The smallest absolute Gasteiger partial charge is 0.237 e. The van der Waals surface area contributed by atoms with Crippen molar-refractivity contribution in [2.75, 3.05) is 0 Å². The van der Waals surface area contributed by atoms with Crippen LogP contribution in [0.3, 0.4) is 0 Å². The average Bonchev–Trinajstić information content (AvgIpc) is 3.08. The summed E-state index contributed by atoms with van der Waals surface area (Å²) < 4.78 is 1.88. The van der Waals surface area contributed by atoms with Crippen molar-refractivity contribution in [2.45, 2.75) is 52.2 Å². The first-order valence-electron chi connectivity index (χ1n) is 6.52. The lowest BCUT2D eigenvalue weighted by Crippen LogP contribution is -2.42. The van der Waals surface area contributed by atoms with Crippen molar-refractivity contribution < 1.29 is 4.79 Å². The van der Waals surface area contributed by atoms with Crippen LogP contribution in [0.15, 0.2) is 0 Å². The van der Waals surface area contributed by atoms with Gasteiger partial charge in [-0.2, -0.15) is 5.10 Å². The summed E-state index contributed by atoms with van der Waals surface area (Å²) in [5, 5.41) is 10.6. The summed E-state index contributed by atoms with van der Waals surface area (Å²) in [6.07, 6.45) is 2.25. The minimum atomic E-state index is -0.162. The number of aryl methyl sites for hydroxylation is 2. The first-order chi connectivity index (χ1) is 8.49. The van der Waals surface area contributed by atoms with Gasteiger partial charge in [-0.05, 0) is 33.6 Å². The fraction of sp³-hybridized carbons (Fsp3) is 0.692. The molecule has 0 spiro atoms. The molecule has 1 aliphatic rings. The number of nitrogens with one attached hydrogen (secondary N) is 2. The van der Waals surface area contributed by atoms with E-state index in [0.717, 1.165) is 24.2 Å². The molecular weight excluding hydrogens is 228 g/mol. The minimum Gasteiger partial charge on any atom is -0.352 e. The van der Waals surface area contributed by atoms with Crippen LogP contribution in [-0.2, 0) is 18.4 Å². The predicted molar refractivity (Wildman–Crippen MR) is 70.1 cm³/mol. The third kappa shape index (κ3) is 2.90. The third-order valence-electron chi connectivity index (χ3n) is 3.56. The van der Waals surface area contributed by atoms with Gasteiger partial charge in [0.15, 0.2) is 0 Å². The Morgan fingerprint density at radius 3 is 2.67 bits per heavy atom. The Morgan fingerprint density at radius 2 is 2.17 bits per heavy atom. The lowest BCUT2D eigenvalue weighted by Gasteiger charge is -2.14. The maximum absolute atomic E-state index is 11.8. The number of amides is 1. The second kappa shape index (κ2) is 5.10. The molecule has 1 fully saturated rings. The Hall–Kier alpha value is -1.36. The molecule has 1 aliphatic carbocycles. The maximum Gasteiger partial charge on any atom is 0.237 e. The van der Waals surface area contributed by atoms with Crippen LogP contribution in [-0.4, -0.2) is 27.8 Å². The van der Waals surface area contributed by atoms with Crippen LogP contribution in [0.1, 0.15) is 36.7 Å². The van der Waals surface area contributed by atoms with Crippen molar-refractivity contribution >= 4 is 5.91 Å². The molecule has 1 unspecified atom stereocenters. The topological polar surface area (TPSA) is 59.0 Å². The average molecular weight is 250 g/mol. The number of carbonyl (C=O) groups excluding carboxylic acids is 1. The SMILES string of the molecule is Cc1nn(C)c(C)c1CNC(C)C(=O)NC1CC1. The fourth-order valence-electron chi connectivity index (χ4n) is 1.98. The monoisotopic (exact) mass is 250 g/mol. The molecule has 1 aromatic heterocycles. The Morgan fingerprint density at radius 1 is 1.50 bits per heavy atom. The molecule has 0 bridgehead atoms. The zero-order valence-corrected chi connectivity index (χ0v) is 11.6. The molecule has 1 heterocycles. The van der Waals surface area contributed by atoms with Crippen molar-refractivity contribution in [1.29, 1.82) is 0 Å². The van der Waals surface area contributed by atoms with E-state index in [1.807, 2.05) is 32.5 Å². The highest BCUT2D eigenvalue weighted by molar-refractivity contribution is 5.81. The minimum absolute atomic E-state index is 0.0942. The lowest BCUT2D eigenvalue weighted by molar-refractivity contribution is -0.122. The zero-order chi connectivity index (χ0) is 13.3. The van der Waals surface area contributed by atoms with Gasteiger partial charge < -0.3 is 10.6 Å². The molecule has 1 saturated carbocycles. The van der Waals surface area contributed by atoms with Crippen molar-refractivity contribution in [3.05, 3.63) is 17.0 Å². The molecule has 5 nitrogen and oxygen atoms in total. The quantitative estimate of drug-likeness (QED) is 0.812. The van der Waals surface area contributed by atoms with Gasteiger partial charge in [-0.1, -0.05) is 0 Å². The number of hydrogen-bond acceptors (Lipinski definition) is 3. The van der Waals surface area contributed by atoms with E-state index in [2.05, 4.69) is 15.7 Å². The molecule has 0 saturated heterocycles. The van der Waals surface area contributed by atoms with Gasteiger partial charge in [0, 0.05) is 30.9 Å². The highest BCUT2D eigenvalue weighted by Gasteiger charge is 2.25. The second-order valence-corrected chi connectivity index (χ2v) is 5.16. The third-order valence-corrected chi connectivity index (χ3v) is 3.56. The highest BCUT2D eigenvalue weighted by atomic mass is 16.2. The summed E-state index contributed by atoms with van der Waals surface area (Å²) >= 11 is 0. The fourth-order valence-corrected chi connectivity index (χ4v) is 1.98. The first-order valence-corrected chi connectivity index (χ1v) is 6.52. The van der Waals surface area contributed by atoms with Gasteiger partial charge in [0.25, 0.3) is 0 Å². The second-order valence-electron chi connectivity index (χ2n) is 5.16. The van der Waals surface area contributed by atoms with Crippen LogP contribution < -0.4 is 10.6 Å². The largest absolute Gasteiger partial charge is 0.352 e. The number of hydrogen-bond donors (Lipinski definition) is 2. The highest BCUT2D eigenvalue weighted by Crippen LogP contribution is 2.18. The molecule has 0 aromatic carbocycles. The van der Waals surface area contributed by atoms with Gasteiger partial charge in [-0.15, -0.1) is 0 Å². The molecule has 0 aliphatic heterocycles. The van der Waals surface area contributed by atoms with Crippen molar-refractivity contribution in [3.63, 3.8) is 0 Å². The predicted octanol–water partition coefficient (Wildman–Crippen LogP) is 0.794. The van der Waals surface area contributed by atoms with Crippen molar-refractivity contribution in [3.8, 4) is 0 Å². The Bertz CT molecular complexity index is 448. The molecule has 1 aromatic rings. The molecule has 100 valence electrons. The van der Waals surface area contributed by atoms with E-state index in [0.29, 0.717) is 12.6 Å². The molecule has 18 heavy (non-hydrogen) atoms. The van der Waals surface area contributed by atoms with Crippen LogP contribution in [0.2, 0.25) is 0 Å². The van der Waals surface area contributed by atoms with Gasteiger partial charge in [-0.25, -0.2) is 0 Å². The van der Waals surface area contributed by atoms with Gasteiger partial charge >= 0.3 is 0 Å². The number of nitrogens with zero attached hydrogens (tertiary/aromatic N) is 2. The first kappa shape index (κ1) is 13.1. The summed E-state index contributed by atoms with van der Waals surface area (Å²) in [4.78, 5) is 11.8. The summed E-state index contributed by atoms with van der Waals surface area (Å²) in [5.41, 5.74) is 3.36. The van der Waals surface area contributed by atoms with Crippen LogP contribution in [0.25, 0.3) is 0 Å². The molecule has 2 rings (SSSR count). The standard InChI is InChI=1S/C13H22N4O/c1-8-12(10(3)17(4)16-8)7-14-9(2)13(18)15-11-5-6-11/h9,11,14H,5-7H2,1-4H3,(H,15,18). The van der Waals surface area contributed by atoms with E-state index in [4.69, 9.17) is 0 Å². The molecule has 1 atom stereocenters. The van der Waals surface area contributed by atoms with E-state index >= 15 is 0 Å². The number of aromatic nitrogens is 2. The van der Waals surface area contributed by atoms with Crippen LogP contribution in [0.5, 0.6) is 0 Å². The van der Waals surface area contributed by atoms with E-state index < -0.39 is 0 Å². The van der Waals surface area contributed by atoms with E-state index in [9.17, 15) is 4.79 Å². The Balaban J connectivity index is 1.88. The van der Waals surface area contributed by atoms with Gasteiger partial charge in [0.1, 0.15) is 0 Å². The van der Waals surface area contributed by atoms with Crippen LogP contribution in [0, 0.1) is 13.8 Å². The van der Waals surface area contributed by atoms with Crippen LogP contribution in [0.4, 0.5) is 0 Å². The van der Waals surface area contributed by atoms with Crippen molar-refractivity contribution in [1.82, 2.24) is 20.4 Å². The van der Waals surface area contributed by atoms with Gasteiger partial charge in [0.05, 0.1) is 11.7 Å². The summed E-state index contributed by atoms with van der Waals surface area (Å²) in [6.45, 7) is 6.63. The number of rotatable bonds is 5. The molecule has 2 N–H and O–H groups in total. The summed E-state index contributed by atoms with van der Waals surface area (Å²) in [6, 6.07) is 0.258. The van der Waals surface area contributed by atoms with Gasteiger partial charge in [-0.3, -0.25) is 9.48 Å². The summed E-state index contributed by atoms with van der Waals surface area (Å²) in [7, 11) is 1.94. The molecule has 1 amide bonds. The zero-order valence-electron chi connectivity index (χ0n) is 11.6. The number of carbonyl (C=O) groups is 1. The van der Waals surface area contributed by atoms with Gasteiger partial charge in [0.2, 0.25) is 5.91 Å². The van der Waals surface area contributed by atoms with E-state index in [1.165, 1.54) is 5.56 Å². The van der Waals surface area contributed by atoms with Crippen LogP contribution >= 0.6 is 0 Å². The normalized spacial score (nSPS) is 16.7. The molecular formula is C13H22N4O. The van der Waals surface area contributed by atoms with E-state index in [1.54, 1.807) is 0 Å². The lowest BCUT2D eigenvalue weighted by atomic mass is 10.2. The molecule has 5 heteroatoms.